The van der Waals surface area contributed by atoms with E-state index in [1.54, 1.807) is 12.1 Å². The van der Waals surface area contributed by atoms with E-state index in [1.807, 2.05) is 19.1 Å². The molecule has 0 saturated carbocycles. The van der Waals surface area contributed by atoms with Crippen LogP contribution in [0.3, 0.4) is 0 Å². The van der Waals surface area contributed by atoms with Gasteiger partial charge in [0.05, 0.1) is 18.7 Å². The van der Waals surface area contributed by atoms with Gasteiger partial charge in [-0.15, -0.1) is 0 Å². The van der Waals surface area contributed by atoms with Gasteiger partial charge in [-0.05, 0) is 13.3 Å². The summed E-state index contributed by atoms with van der Waals surface area (Å²) in [5, 5.41) is 9.33. The lowest BCUT2D eigenvalue weighted by atomic mass is 9.85. The molecule has 2 heterocycles. The van der Waals surface area contributed by atoms with Crippen molar-refractivity contribution in [2.45, 2.75) is 25.9 Å². The summed E-state index contributed by atoms with van der Waals surface area (Å²) in [7, 11) is 0. The molecule has 5 nitrogen and oxygen atoms in total. The summed E-state index contributed by atoms with van der Waals surface area (Å²) in [6, 6.07) is 7.12. The number of nitrogens with zero attached hydrogens (tertiary/aromatic N) is 1. The van der Waals surface area contributed by atoms with Gasteiger partial charge in [-0.25, -0.2) is 0 Å². The topological polar surface area (TPSA) is 70.8 Å². The zero-order valence-electron chi connectivity index (χ0n) is 12.8. The van der Waals surface area contributed by atoms with Crippen molar-refractivity contribution in [2.75, 3.05) is 13.2 Å². The van der Waals surface area contributed by atoms with Gasteiger partial charge >= 0.3 is 0 Å². The lowest BCUT2D eigenvalue weighted by Gasteiger charge is -2.30. The van der Waals surface area contributed by atoms with Crippen molar-refractivity contribution in [2.24, 2.45) is 0 Å². The first-order valence-corrected chi connectivity index (χ1v) is 7.79. The summed E-state index contributed by atoms with van der Waals surface area (Å²) in [5.74, 6) is 0.336. The Balaban J connectivity index is 1.85. The second-order valence-corrected chi connectivity index (χ2v) is 6.16. The highest BCUT2D eigenvalue weighted by atomic mass is 16.3. The molecular weight excluding hydrogens is 294 g/mol. The molecule has 1 aromatic carbocycles. The van der Waals surface area contributed by atoms with Gasteiger partial charge in [-0.1, -0.05) is 24.3 Å². The molecule has 1 aliphatic carbocycles. The number of rotatable bonds is 2. The summed E-state index contributed by atoms with van der Waals surface area (Å²) in [5.41, 5.74) is 2.41. The number of fused-ring (bicyclic) bond motifs is 5. The minimum absolute atomic E-state index is 0.0369. The molecule has 23 heavy (non-hydrogen) atoms. The van der Waals surface area contributed by atoms with Gasteiger partial charge in [0, 0.05) is 29.3 Å². The summed E-state index contributed by atoms with van der Waals surface area (Å²) >= 11 is 0. The highest BCUT2D eigenvalue weighted by Gasteiger charge is 2.38. The molecule has 0 bridgehead atoms. The normalized spacial score (nSPS) is 18.3. The molecule has 0 spiro atoms. The lowest BCUT2D eigenvalue weighted by molar-refractivity contribution is 0.0813. The zero-order chi connectivity index (χ0) is 16.1. The molecule has 0 fully saturated rings. The monoisotopic (exact) mass is 311 g/mol. The Morgan fingerprint density at radius 1 is 1.22 bits per heavy atom. The summed E-state index contributed by atoms with van der Waals surface area (Å²) in [6.45, 7) is 3.32. The van der Waals surface area contributed by atoms with E-state index < -0.39 is 11.6 Å². The fraction of sp³-hybridized carbons (Fsp3) is 0.333. The molecule has 0 saturated heterocycles. The van der Waals surface area contributed by atoms with Gasteiger partial charge in [0.2, 0.25) is 11.6 Å². The molecule has 1 aliphatic heterocycles. The van der Waals surface area contributed by atoms with Crippen LogP contribution in [0.5, 0.6) is 0 Å². The fourth-order valence-electron chi connectivity index (χ4n) is 3.46. The molecule has 118 valence electrons. The van der Waals surface area contributed by atoms with Gasteiger partial charge in [-0.3, -0.25) is 14.5 Å². The van der Waals surface area contributed by atoms with Crippen LogP contribution >= 0.6 is 0 Å². The molecule has 2 aromatic rings. The van der Waals surface area contributed by atoms with Gasteiger partial charge < -0.3 is 9.52 Å². The Morgan fingerprint density at radius 2 is 1.96 bits per heavy atom. The third-order valence-corrected chi connectivity index (χ3v) is 4.82. The maximum atomic E-state index is 12.5. The van der Waals surface area contributed by atoms with Gasteiger partial charge in [0.15, 0.2) is 0 Å². The SMILES string of the molecule is C[C@@H](CO)N1CCc2c(oc3c2C(=O)C(=O)c2ccccc2-3)C1. The minimum Gasteiger partial charge on any atom is -0.459 e. The van der Waals surface area contributed by atoms with Crippen LogP contribution in [0.15, 0.2) is 28.7 Å². The molecule has 0 amide bonds. The van der Waals surface area contributed by atoms with Crippen LogP contribution in [0.25, 0.3) is 11.3 Å². The average Bonchev–Trinajstić information content (AvgIpc) is 2.97. The average molecular weight is 311 g/mol. The van der Waals surface area contributed by atoms with E-state index in [0.717, 1.165) is 17.9 Å². The van der Waals surface area contributed by atoms with Crippen molar-refractivity contribution in [1.29, 1.82) is 0 Å². The number of Topliss-reactive ketones (excluding diaryl/α,β-unsaturated/α-hetero) is 2. The minimum atomic E-state index is -0.465. The molecule has 2 aliphatic rings. The van der Waals surface area contributed by atoms with E-state index in [4.69, 9.17) is 4.42 Å². The molecular formula is C18H17NO4. The Bertz CT molecular complexity index is 820. The summed E-state index contributed by atoms with van der Waals surface area (Å²) < 4.78 is 6.00. The quantitative estimate of drug-likeness (QED) is 0.860. The van der Waals surface area contributed by atoms with E-state index in [0.29, 0.717) is 35.4 Å². The Morgan fingerprint density at radius 3 is 2.70 bits per heavy atom. The van der Waals surface area contributed by atoms with Crippen LogP contribution in [-0.4, -0.2) is 40.8 Å². The molecule has 0 radical (unpaired) electrons. The number of carbonyl (C=O) groups excluding carboxylic acids is 2. The maximum absolute atomic E-state index is 12.5. The van der Waals surface area contributed by atoms with E-state index in [9.17, 15) is 14.7 Å². The van der Waals surface area contributed by atoms with Gasteiger partial charge in [0.25, 0.3) is 0 Å². The largest absolute Gasteiger partial charge is 0.459 e. The van der Waals surface area contributed by atoms with Crippen LogP contribution in [-0.2, 0) is 13.0 Å². The lowest BCUT2D eigenvalue weighted by Crippen LogP contribution is -2.39. The van der Waals surface area contributed by atoms with E-state index in [-0.39, 0.29) is 12.6 Å². The third-order valence-electron chi connectivity index (χ3n) is 4.82. The number of hydrogen-bond acceptors (Lipinski definition) is 5. The molecule has 5 heteroatoms. The number of aliphatic hydroxyl groups is 1. The molecule has 4 rings (SSSR count). The molecule has 1 aromatic heterocycles. The van der Waals surface area contributed by atoms with Crippen LogP contribution in [0.2, 0.25) is 0 Å². The summed E-state index contributed by atoms with van der Waals surface area (Å²) in [6.07, 6.45) is 0.652. The van der Waals surface area contributed by atoms with Crippen molar-refractivity contribution in [1.82, 2.24) is 4.90 Å². The second kappa shape index (κ2) is 5.15. The van der Waals surface area contributed by atoms with Gasteiger partial charge in [0.1, 0.15) is 11.5 Å². The standard InChI is InChI=1S/C18H17NO4/c1-10(9-20)19-7-6-13-14(8-19)23-18-12-5-3-2-4-11(12)16(21)17(22)15(13)18/h2-5,10,20H,6-9H2,1H3/t10-/m0/s1. The second-order valence-electron chi connectivity index (χ2n) is 6.16. The van der Waals surface area contributed by atoms with E-state index in [2.05, 4.69) is 4.90 Å². The maximum Gasteiger partial charge on any atom is 0.237 e. The van der Waals surface area contributed by atoms with E-state index in [1.165, 1.54) is 0 Å². The van der Waals surface area contributed by atoms with Crippen LogP contribution in [0, 0.1) is 0 Å². The third kappa shape index (κ3) is 2.00. The van der Waals surface area contributed by atoms with Crippen molar-refractivity contribution in [3.63, 3.8) is 0 Å². The number of furan rings is 1. The Kier molecular flexibility index (Phi) is 3.21. The van der Waals surface area contributed by atoms with Crippen LogP contribution in [0.1, 0.15) is 39.0 Å². The van der Waals surface area contributed by atoms with Crippen molar-refractivity contribution in [3.05, 3.63) is 46.7 Å². The number of hydrogen-bond donors (Lipinski definition) is 1. The highest BCUT2D eigenvalue weighted by Crippen LogP contribution is 2.40. The van der Waals surface area contributed by atoms with Crippen LogP contribution in [0.4, 0.5) is 0 Å². The molecule has 1 atom stereocenters. The Labute approximate surface area is 133 Å². The predicted molar refractivity (Wildman–Crippen MR) is 83.5 cm³/mol. The van der Waals surface area contributed by atoms with Crippen molar-refractivity contribution < 1.29 is 19.1 Å². The number of carbonyl (C=O) groups is 2. The van der Waals surface area contributed by atoms with Gasteiger partial charge in [-0.2, -0.15) is 0 Å². The van der Waals surface area contributed by atoms with Crippen molar-refractivity contribution in [3.8, 4) is 11.3 Å². The van der Waals surface area contributed by atoms with Crippen LogP contribution < -0.4 is 0 Å². The predicted octanol–water partition coefficient (Wildman–Crippen LogP) is 2.06. The number of ketones is 2. The zero-order valence-corrected chi connectivity index (χ0v) is 12.8. The first-order chi connectivity index (χ1) is 11.1. The fourth-order valence-corrected chi connectivity index (χ4v) is 3.46. The first kappa shape index (κ1) is 14.4. The summed E-state index contributed by atoms with van der Waals surface area (Å²) in [4.78, 5) is 27.0. The van der Waals surface area contributed by atoms with Crippen molar-refractivity contribution >= 4 is 11.6 Å². The Hall–Kier alpha value is -2.24. The first-order valence-electron chi connectivity index (χ1n) is 7.79. The number of aliphatic hydroxyl groups excluding tert-OH is 1. The molecule has 1 N–H and O–H groups in total. The van der Waals surface area contributed by atoms with E-state index >= 15 is 0 Å². The number of benzene rings is 1. The smallest absolute Gasteiger partial charge is 0.237 e. The molecule has 0 unspecified atom stereocenters. The highest BCUT2D eigenvalue weighted by molar-refractivity contribution is 6.53.